The number of esters is 1. The van der Waals surface area contributed by atoms with Crippen LogP contribution in [0.2, 0.25) is 0 Å². The van der Waals surface area contributed by atoms with Crippen molar-refractivity contribution in [1.82, 2.24) is 0 Å². The van der Waals surface area contributed by atoms with Crippen LogP contribution in [0.4, 0.5) is 0 Å². The van der Waals surface area contributed by atoms with Crippen molar-refractivity contribution < 1.29 is 14.3 Å². The molecule has 0 aliphatic carbocycles. The molecule has 3 nitrogen and oxygen atoms in total. The highest BCUT2D eigenvalue weighted by Gasteiger charge is 2.23. The summed E-state index contributed by atoms with van der Waals surface area (Å²) in [6.07, 6.45) is 7.90. The van der Waals surface area contributed by atoms with E-state index in [1.54, 1.807) is 0 Å². The van der Waals surface area contributed by atoms with Crippen molar-refractivity contribution in [3.05, 3.63) is 12.2 Å². The van der Waals surface area contributed by atoms with E-state index in [2.05, 4.69) is 6.92 Å². The molecule has 0 bridgehead atoms. The highest BCUT2D eigenvalue weighted by molar-refractivity contribution is 5.71. The fraction of sp³-hybridized carbons (Fsp3) is 0.727. The van der Waals surface area contributed by atoms with Gasteiger partial charge in [-0.25, -0.2) is 0 Å². The third kappa shape index (κ3) is 5.75. The first kappa shape index (κ1) is 11.2. The smallest absolute Gasteiger partial charge is 0.309 e. The molecule has 1 heterocycles. The lowest BCUT2D eigenvalue weighted by atomic mass is 10.2. The van der Waals surface area contributed by atoms with E-state index in [0.717, 1.165) is 13.0 Å². The molecule has 0 radical (unpaired) electrons. The van der Waals surface area contributed by atoms with Gasteiger partial charge in [0.15, 0.2) is 0 Å². The van der Waals surface area contributed by atoms with Crippen LogP contribution < -0.4 is 0 Å². The van der Waals surface area contributed by atoms with Crippen molar-refractivity contribution in [3.63, 3.8) is 0 Å². The second kappa shape index (κ2) is 6.60. The predicted octanol–water partition coefficient (Wildman–Crippen LogP) is 2.06. The first-order chi connectivity index (χ1) is 6.83. The minimum absolute atomic E-state index is 0.159. The summed E-state index contributed by atoms with van der Waals surface area (Å²) in [5.74, 6) is -0.159. The third-order valence-corrected chi connectivity index (χ3v) is 2.01. The average Bonchev–Trinajstić information content (AvgIpc) is 2.98. The molecule has 0 amide bonds. The lowest BCUT2D eigenvalue weighted by Gasteiger charge is -1.98. The Morgan fingerprint density at radius 1 is 1.57 bits per heavy atom. The highest BCUT2D eigenvalue weighted by atomic mass is 16.6. The Kier molecular flexibility index (Phi) is 5.30. The summed E-state index contributed by atoms with van der Waals surface area (Å²) in [5.41, 5.74) is 0. The molecule has 1 unspecified atom stereocenters. The van der Waals surface area contributed by atoms with Crippen LogP contribution in [0.5, 0.6) is 0 Å². The minimum Gasteiger partial charge on any atom is -0.463 e. The van der Waals surface area contributed by atoms with Crippen LogP contribution in [0.3, 0.4) is 0 Å². The van der Waals surface area contributed by atoms with Gasteiger partial charge in [-0.3, -0.25) is 4.79 Å². The summed E-state index contributed by atoms with van der Waals surface area (Å²) in [4.78, 5) is 11.1. The zero-order valence-electron chi connectivity index (χ0n) is 8.70. The molecular formula is C11H18O3. The number of allylic oxidation sites excluding steroid dienone is 1. The Bertz CT molecular complexity index is 195. The number of epoxide rings is 1. The quantitative estimate of drug-likeness (QED) is 0.272. The number of carbonyl (C=O) groups is 1. The molecule has 1 aliphatic rings. The molecule has 1 rings (SSSR count). The summed E-state index contributed by atoms with van der Waals surface area (Å²) in [5, 5.41) is 0. The Balaban J connectivity index is 1.93. The number of hydrogen-bond acceptors (Lipinski definition) is 3. The maximum Gasteiger partial charge on any atom is 0.309 e. The maximum atomic E-state index is 11.1. The first-order valence-electron chi connectivity index (χ1n) is 5.25. The molecular weight excluding hydrogens is 180 g/mol. The highest BCUT2D eigenvalue weighted by Crippen LogP contribution is 2.08. The fourth-order valence-corrected chi connectivity index (χ4v) is 1.03. The third-order valence-electron chi connectivity index (χ3n) is 2.01. The van der Waals surface area contributed by atoms with E-state index in [4.69, 9.17) is 9.47 Å². The van der Waals surface area contributed by atoms with E-state index in [0.29, 0.717) is 13.0 Å². The molecule has 0 saturated carbocycles. The molecule has 0 spiro atoms. The minimum atomic E-state index is -0.159. The zero-order chi connectivity index (χ0) is 10.2. The van der Waals surface area contributed by atoms with Gasteiger partial charge in [0, 0.05) is 0 Å². The van der Waals surface area contributed by atoms with Crippen molar-refractivity contribution in [2.75, 3.05) is 13.2 Å². The van der Waals surface area contributed by atoms with E-state index < -0.39 is 0 Å². The fourth-order valence-electron chi connectivity index (χ4n) is 1.03. The lowest BCUT2D eigenvalue weighted by molar-refractivity contribution is -0.143. The van der Waals surface area contributed by atoms with Gasteiger partial charge < -0.3 is 9.47 Å². The number of rotatable bonds is 7. The van der Waals surface area contributed by atoms with E-state index >= 15 is 0 Å². The summed E-state index contributed by atoms with van der Waals surface area (Å²) in [7, 11) is 0. The molecule has 0 aromatic carbocycles. The van der Waals surface area contributed by atoms with Crippen molar-refractivity contribution in [1.29, 1.82) is 0 Å². The van der Waals surface area contributed by atoms with Crippen molar-refractivity contribution in [2.24, 2.45) is 0 Å². The van der Waals surface area contributed by atoms with Gasteiger partial charge in [0.25, 0.3) is 0 Å². The molecule has 14 heavy (non-hydrogen) atoms. The number of hydrogen-bond donors (Lipinski definition) is 0. The summed E-state index contributed by atoms with van der Waals surface area (Å²) < 4.78 is 9.88. The number of carbonyl (C=O) groups excluding carboxylic acids is 1. The van der Waals surface area contributed by atoms with Gasteiger partial charge in [0.2, 0.25) is 0 Å². The molecule has 0 aromatic rings. The first-order valence-corrected chi connectivity index (χ1v) is 5.25. The van der Waals surface area contributed by atoms with Gasteiger partial charge in [-0.05, 0) is 6.42 Å². The van der Waals surface area contributed by atoms with Gasteiger partial charge in [-0.2, -0.15) is 0 Å². The van der Waals surface area contributed by atoms with Crippen LogP contribution in [0.25, 0.3) is 0 Å². The van der Waals surface area contributed by atoms with Gasteiger partial charge in [0.1, 0.15) is 12.7 Å². The summed E-state index contributed by atoms with van der Waals surface area (Å²) in [6.45, 7) is 3.30. The van der Waals surface area contributed by atoms with E-state index in [9.17, 15) is 4.79 Å². The molecule has 80 valence electrons. The Hall–Kier alpha value is -0.830. The van der Waals surface area contributed by atoms with Gasteiger partial charge in [-0.15, -0.1) is 0 Å². The normalized spacial score (nSPS) is 19.9. The molecule has 1 fully saturated rings. The SMILES string of the molecule is CCCC/C=C/CC(=O)OCC1CO1. The molecule has 0 aromatic heterocycles. The van der Waals surface area contributed by atoms with Crippen LogP contribution in [0, 0.1) is 0 Å². The van der Waals surface area contributed by atoms with E-state index in [1.807, 2.05) is 12.2 Å². The van der Waals surface area contributed by atoms with Crippen LogP contribution in [-0.2, 0) is 14.3 Å². The Morgan fingerprint density at radius 2 is 2.36 bits per heavy atom. The number of unbranched alkanes of at least 4 members (excludes halogenated alkanes) is 2. The van der Waals surface area contributed by atoms with Crippen LogP contribution in [0.15, 0.2) is 12.2 Å². The molecule has 1 atom stereocenters. The van der Waals surface area contributed by atoms with Crippen molar-refractivity contribution in [3.8, 4) is 0 Å². The topological polar surface area (TPSA) is 38.8 Å². The summed E-state index contributed by atoms with van der Waals surface area (Å²) >= 11 is 0. The van der Waals surface area contributed by atoms with Crippen molar-refractivity contribution >= 4 is 5.97 Å². The largest absolute Gasteiger partial charge is 0.463 e. The predicted molar refractivity (Wildman–Crippen MR) is 54.0 cm³/mol. The van der Waals surface area contributed by atoms with Crippen molar-refractivity contribution in [2.45, 2.75) is 38.7 Å². The van der Waals surface area contributed by atoms with Gasteiger partial charge in [-0.1, -0.05) is 31.9 Å². The van der Waals surface area contributed by atoms with E-state index in [-0.39, 0.29) is 12.1 Å². The maximum absolute atomic E-state index is 11.1. The van der Waals surface area contributed by atoms with Crippen LogP contribution in [-0.4, -0.2) is 25.3 Å². The second-order valence-electron chi connectivity index (χ2n) is 3.46. The standard InChI is InChI=1S/C11H18O3/c1-2-3-4-5-6-7-11(12)14-9-10-8-13-10/h5-6,10H,2-4,7-9H2,1H3/b6-5+. The molecule has 1 aliphatic heterocycles. The summed E-state index contributed by atoms with van der Waals surface area (Å²) in [6, 6.07) is 0. The average molecular weight is 198 g/mol. The number of ether oxygens (including phenoxy) is 2. The lowest BCUT2D eigenvalue weighted by Crippen LogP contribution is -2.08. The Labute approximate surface area is 85.1 Å². The molecule has 0 N–H and O–H groups in total. The van der Waals surface area contributed by atoms with Gasteiger partial charge in [0.05, 0.1) is 13.0 Å². The zero-order valence-corrected chi connectivity index (χ0v) is 8.70. The second-order valence-corrected chi connectivity index (χ2v) is 3.46. The van der Waals surface area contributed by atoms with Crippen LogP contribution in [0.1, 0.15) is 32.6 Å². The molecule has 1 saturated heterocycles. The Morgan fingerprint density at radius 3 is 3.00 bits per heavy atom. The van der Waals surface area contributed by atoms with E-state index in [1.165, 1.54) is 12.8 Å². The monoisotopic (exact) mass is 198 g/mol. The molecule has 3 heteroatoms. The van der Waals surface area contributed by atoms with Gasteiger partial charge >= 0.3 is 5.97 Å². The van der Waals surface area contributed by atoms with Crippen LogP contribution >= 0.6 is 0 Å².